The van der Waals surface area contributed by atoms with Gasteiger partial charge in [-0.3, -0.25) is 0 Å². The molecule has 0 aromatic carbocycles. The third kappa shape index (κ3) is 2.66. The van der Waals surface area contributed by atoms with E-state index in [1.54, 1.807) is 11.3 Å². The Morgan fingerprint density at radius 2 is 2.25 bits per heavy atom. The van der Waals surface area contributed by atoms with E-state index < -0.39 is 0 Å². The minimum Gasteiger partial charge on any atom is -0.330 e. The normalized spacial score (nSPS) is 10.9. The summed E-state index contributed by atoms with van der Waals surface area (Å²) >= 11 is 5.06. The molecule has 0 aliphatic carbocycles. The van der Waals surface area contributed by atoms with Crippen molar-refractivity contribution in [2.75, 3.05) is 6.54 Å². The first-order valence-corrected chi connectivity index (χ1v) is 6.64. The monoisotopic (exact) mass is 301 g/mol. The highest BCUT2D eigenvalue weighted by Crippen LogP contribution is 2.29. The van der Waals surface area contributed by atoms with Crippen molar-refractivity contribution < 1.29 is 0 Å². The topological polar surface area (TPSA) is 69.6 Å². The lowest BCUT2D eigenvalue weighted by molar-refractivity contribution is 0.549. The van der Waals surface area contributed by atoms with E-state index in [1.165, 1.54) is 0 Å². The Morgan fingerprint density at radius 3 is 2.94 bits per heavy atom. The summed E-state index contributed by atoms with van der Waals surface area (Å²) in [5, 5.41) is 11.7. The molecule has 2 rings (SSSR count). The van der Waals surface area contributed by atoms with Crippen LogP contribution in [0.1, 0.15) is 12.8 Å². The molecule has 2 aromatic rings. The number of nitrogens with zero attached hydrogens (tertiary/aromatic N) is 4. The van der Waals surface area contributed by atoms with Gasteiger partial charge in [-0.05, 0) is 57.9 Å². The largest absolute Gasteiger partial charge is 0.330 e. The summed E-state index contributed by atoms with van der Waals surface area (Å²) in [5.41, 5.74) is 5.46. The number of hydrogen-bond acceptors (Lipinski definition) is 5. The number of aryl methyl sites for hydroxylation is 1. The fourth-order valence-electron chi connectivity index (χ4n) is 1.37. The first-order valence-electron chi connectivity index (χ1n) is 5.03. The lowest BCUT2D eigenvalue weighted by Crippen LogP contribution is -2.05. The Kier molecular flexibility index (Phi) is 4.03. The van der Waals surface area contributed by atoms with Gasteiger partial charge in [0, 0.05) is 6.54 Å². The predicted molar refractivity (Wildman–Crippen MR) is 67.1 cm³/mol. The van der Waals surface area contributed by atoms with E-state index in [-0.39, 0.29) is 0 Å². The zero-order valence-electron chi connectivity index (χ0n) is 8.64. The van der Waals surface area contributed by atoms with Crippen molar-refractivity contribution in [2.24, 2.45) is 5.73 Å². The van der Waals surface area contributed by atoms with Crippen LogP contribution in [0.15, 0.2) is 15.9 Å². The molecule has 0 saturated carbocycles. The number of rotatable bonds is 5. The average molecular weight is 302 g/mol. The van der Waals surface area contributed by atoms with E-state index in [0.717, 1.165) is 33.9 Å². The maximum absolute atomic E-state index is 5.46. The fraction of sp³-hybridized carbons (Fsp3) is 0.444. The van der Waals surface area contributed by atoms with Crippen molar-refractivity contribution in [3.8, 4) is 10.7 Å². The van der Waals surface area contributed by atoms with E-state index in [0.29, 0.717) is 6.54 Å². The van der Waals surface area contributed by atoms with Crippen molar-refractivity contribution in [3.05, 3.63) is 15.9 Å². The minimum atomic E-state index is 0.710. The van der Waals surface area contributed by atoms with Crippen LogP contribution in [0.25, 0.3) is 10.7 Å². The van der Waals surface area contributed by atoms with E-state index in [9.17, 15) is 0 Å². The van der Waals surface area contributed by atoms with Gasteiger partial charge < -0.3 is 5.73 Å². The number of thiophene rings is 1. The number of halogens is 1. The molecule has 0 bridgehead atoms. The third-order valence-electron chi connectivity index (χ3n) is 2.15. The van der Waals surface area contributed by atoms with Gasteiger partial charge in [-0.1, -0.05) is 0 Å². The van der Waals surface area contributed by atoms with Crippen molar-refractivity contribution in [1.29, 1.82) is 0 Å². The molecule has 5 nitrogen and oxygen atoms in total. The quantitative estimate of drug-likeness (QED) is 0.857. The average Bonchev–Trinajstić information content (AvgIpc) is 2.87. The van der Waals surface area contributed by atoms with Gasteiger partial charge in [0.05, 0.1) is 8.66 Å². The van der Waals surface area contributed by atoms with E-state index >= 15 is 0 Å². The highest BCUT2D eigenvalue weighted by atomic mass is 79.9. The van der Waals surface area contributed by atoms with Gasteiger partial charge >= 0.3 is 0 Å². The summed E-state index contributed by atoms with van der Waals surface area (Å²) in [6.45, 7) is 1.52. The summed E-state index contributed by atoms with van der Waals surface area (Å²) in [5.74, 6) is 0.827. The standard InChI is InChI=1S/C9H12BrN5S/c10-8-4-3-7(16-8)9-12-13-14-15(9)6-2-1-5-11/h3-4H,1-2,5-6,11H2. The van der Waals surface area contributed by atoms with Crippen LogP contribution < -0.4 is 5.73 Å². The lowest BCUT2D eigenvalue weighted by Gasteiger charge is -2.01. The molecule has 2 aromatic heterocycles. The first-order chi connectivity index (χ1) is 7.81. The Morgan fingerprint density at radius 1 is 1.38 bits per heavy atom. The molecule has 0 radical (unpaired) electrons. The predicted octanol–water partition coefficient (Wildman–Crippen LogP) is 1.90. The van der Waals surface area contributed by atoms with Crippen LogP contribution in [0, 0.1) is 0 Å². The maximum atomic E-state index is 5.46. The Bertz CT molecular complexity index is 452. The molecular formula is C9H12BrN5S. The summed E-state index contributed by atoms with van der Waals surface area (Å²) < 4.78 is 2.91. The third-order valence-corrected chi connectivity index (χ3v) is 3.77. The number of tetrazole rings is 1. The van der Waals surface area contributed by atoms with Crippen LogP contribution in [0.2, 0.25) is 0 Å². The van der Waals surface area contributed by atoms with Gasteiger partial charge in [0.1, 0.15) is 0 Å². The molecule has 16 heavy (non-hydrogen) atoms. The van der Waals surface area contributed by atoms with E-state index in [4.69, 9.17) is 5.73 Å². The Hall–Kier alpha value is -0.790. The molecule has 0 spiro atoms. The van der Waals surface area contributed by atoms with Crippen molar-refractivity contribution in [1.82, 2.24) is 20.2 Å². The molecule has 86 valence electrons. The van der Waals surface area contributed by atoms with E-state index in [2.05, 4.69) is 31.5 Å². The minimum absolute atomic E-state index is 0.710. The zero-order valence-corrected chi connectivity index (χ0v) is 11.0. The zero-order chi connectivity index (χ0) is 11.4. The first kappa shape index (κ1) is 11.7. The van der Waals surface area contributed by atoms with Gasteiger partial charge in [0.15, 0.2) is 5.82 Å². The Balaban J connectivity index is 2.12. The van der Waals surface area contributed by atoms with Crippen LogP contribution >= 0.6 is 27.3 Å². The number of aromatic nitrogens is 4. The highest BCUT2D eigenvalue weighted by molar-refractivity contribution is 9.11. The lowest BCUT2D eigenvalue weighted by atomic mass is 10.3. The maximum Gasteiger partial charge on any atom is 0.192 e. The second-order valence-corrected chi connectivity index (χ2v) is 5.79. The van der Waals surface area contributed by atoms with Gasteiger partial charge in [0.2, 0.25) is 0 Å². The van der Waals surface area contributed by atoms with Gasteiger partial charge in [-0.15, -0.1) is 16.4 Å². The van der Waals surface area contributed by atoms with Crippen molar-refractivity contribution in [3.63, 3.8) is 0 Å². The van der Waals surface area contributed by atoms with Crippen LogP contribution in [0.5, 0.6) is 0 Å². The fourth-order valence-corrected chi connectivity index (χ4v) is 2.75. The second kappa shape index (κ2) is 5.51. The summed E-state index contributed by atoms with van der Waals surface area (Å²) in [6.07, 6.45) is 1.99. The molecule has 2 N–H and O–H groups in total. The van der Waals surface area contributed by atoms with Crippen LogP contribution in [-0.4, -0.2) is 26.8 Å². The van der Waals surface area contributed by atoms with Gasteiger partial charge in [-0.25, -0.2) is 4.68 Å². The van der Waals surface area contributed by atoms with Gasteiger partial charge in [-0.2, -0.15) is 0 Å². The number of nitrogens with two attached hydrogens (primary N) is 1. The van der Waals surface area contributed by atoms with Crippen LogP contribution in [-0.2, 0) is 6.54 Å². The van der Waals surface area contributed by atoms with Crippen molar-refractivity contribution >= 4 is 27.3 Å². The molecule has 0 aliphatic heterocycles. The van der Waals surface area contributed by atoms with Crippen LogP contribution in [0.4, 0.5) is 0 Å². The molecule has 0 unspecified atom stereocenters. The molecule has 0 atom stereocenters. The van der Waals surface area contributed by atoms with Crippen LogP contribution in [0.3, 0.4) is 0 Å². The molecule has 0 saturated heterocycles. The Labute approximate surface area is 106 Å². The molecule has 7 heteroatoms. The van der Waals surface area contributed by atoms with E-state index in [1.807, 2.05) is 16.8 Å². The highest BCUT2D eigenvalue weighted by Gasteiger charge is 2.10. The second-order valence-electron chi connectivity index (χ2n) is 3.33. The molecule has 0 amide bonds. The number of hydrogen-bond donors (Lipinski definition) is 1. The SMILES string of the molecule is NCCCCn1nnnc1-c1ccc(Br)s1. The number of unbranched alkanes of at least 4 members (excludes halogenated alkanes) is 1. The smallest absolute Gasteiger partial charge is 0.192 e. The summed E-state index contributed by atoms with van der Waals surface area (Å²) in [7, 11) is 0. The van der Waals surface area contributed by atoms with Gasteiger partial charge in [0.25, 0.3) is 0 Å². The van der Waals surface area contributed by atoms with Crippen molar-refractivity contribution in [2.45, 2.75) is 19.4 Å². The molecule has 2 heterocycles. The molecular weight excluding hydrogens is 290 g/mol. The summed E-state index contributed by atoms with van der Waals surface area (Å²) in [4.78, 5) is 1.07. The molecule has 0 fully saturated rings. The molecule has 0 aliphatic rings. The summed E-state index contributed by atoms with van der Waals surface area (Å²) in [6, 6.07) is 4.01.